The van der Waals surface area contributed by atoms with Crippen LogP contribution in [0.25, 0.3) is 0 Å². The van der Waals surface area contributed by atoms with Crippen LogP contribution in [0.4, 0.5) is 11.4 Å². The zero-order chi connectivity index (χ0) is 21.0. The fourth-order valence-corrected chi connectivity index (χ4v) is 3.61. The Morgan fingerprint density at radius 2 is 1.83 bits per heavy atom. The molecule has 0 spiro atoms. The zero-order valence-electron chi connectivity index (χ0n) is 17.0. The van der Waals surface area contributed by atoms with Crippen LogP contribution < -0.4 is 10.2 Å². The van der Waals surface area contributed by atoms with Crippen molar-refractivity contribution >= 4 is 29.2 Å². The lowest BCUT2D eigenvalue weighted by atomic mass is 10.1. The number of hydrogen-bond donors (Lipinski definition) is 1. The molecule has 1 aliphatic rings. The van der Waals surface area contributed by atoms with E-state index in [0.29, 0.717) is 5.69 Å². The Morgan fingerprint density at radius 1 is 1.14 bits per heavy atom. The van der Waals surface area contributed by atoms with Gasteiger partial charge in [-0.05, 0) is 55.2 Å². The van der Waals surface area contributed by atoms with Crippen molar-refractivity contribution in [2.75, 3.05) is 23.4 Å². The van der Waals surface area contributed by atoms with Crippen LogP contribution in [0.5, 0.6) is 0 Å². The number of carbonyl (C=O) groups is 3. The molecule has 1 N–H and O–H groups in total. The van der Waals surface area contributed by atoms with Crippen molar-refractivity contribution in [1.29, 1.82) is 0 Å². The maximum absolute atomic E-state index is 12.4. The lowest BCUT2D eigenvalue weighted by Gasteiger charge is -2.18. The SMILES string of the molecule is CCc1ccccc1NC(=O)COC(=O)[C@H]1CC(=O)N(c2cc(C)cc(C)c2)C1. The Hall–Kier alpha value is -3.15. The van der Waals surface area contributed by atoms with Crippen molar-refractivity contribution < 1.29 is 19.1 Å². The van der Waals surface area contributed by atoms with Gasteiger partial charge >= 0.3 is 5.97 Å². The van der Waals surface area contributed by atoms with Crippen molar-refractivity contribution in [2.24, 2.45) is 5.92 Å². The van der Waals surface area contributed by atoms with E-state index in [-0.39, 0.29) is 25.5 Å². The molecule has 1 heterocycles. The topological polar surface area (TPSA) is 75.7 Å². The van der Waals surface area contributed by atoms with E-state index >= 15 is 0 Å². The molecule has 0 bridgehead atoms. The van der Waals surface area contributed by atoms with E-state index in [1.54, 1.807) is 4.90 Å². The number of aryl methyl sites for hydroxylation is 3. The number of benzene rings is 2. The van der Waals surface area contributed by atoms with Gasteiger partial charge < -0.3 is 15.0 Å². The predicted molar refractivity (Wildman–Crippen MR) is 112 cm³/mol. The zero-order valence-corrected chi connectivity index (χ0v) is 17.0. The molecule has 6 nitrogen and oxygen atoms in total. The third-order valence-corrected chi connectivity index (χ3v) is 4.99. The number of nitrogens with zero attached hydrogens (tertiary/aromatic N) is 1. The average molecular weight is 394 g/mol. The molecule has 0 unspecified atom stereocenters. The first-order chi connectivity index (χ1) is 13.9. The fourth-order valence-electron chi connectivity index (χ4n) is 3.61. The molecule has 29 heavy (non-hydrogen) atoms. The summed E-state index contributed by atoms with van der Waals surface area (Å²) in [5, 5.41) is 2.77. The molecule has 1 atom stereocenters. The maximum atomic E-state index is 12.4. The van der Waals surface area contributed by atoms with Crippen LogP contribution in [0, 0.1) is 19.8 Å². The van der Waals surface area contributed by atoms with Crippen LogP contribution in [0.1, 0.15) is 30.0 Å². The molecule has 1 fully saturated rings. The summed E-state index contributed by atoms with van der Waals surface area (Å²) in [6, 6.07) is 13.4. The molecule has 1 saturated heterocycles. The summed E-state index contributed by atoms with van der Waals surface area (Å²) in [5.74, 6) is -1.60. The predicted octanol–water partition coefficient (Wildman–Crippen LogP) is 3.40. The molecule has 3 rings (SSSR count). The molecule has 0 aromatic heterocycles. The molecule has 0 radical (unpaired) electrons. The Labute approximate surface area is 170 Å². The second kappa shape index (κ2) is 8.90. The standard InChI is InChI=1S/C23H26N2O4/c1-4-17-7-5-6-8-20(17)24-21(26)14-29-23(28)18-12-22(27)25(13-18)19-10-15(2)9-16(3)11-19/h5-11,18H,4,12-14H2,1-3H3,(H,24,26)/t18-/m0/s1. The lowest BCUT2D eigenvalue weighted by molar-refractivity contribution is -0.151. The number of hydrogen-bond acceptors (Lipinski definition) is 4. The van der Waals surface area contributed by atoms with Gasteiger partial charge in [-0.1, -0.05) is 31.2 Å². The van der Waals surface area contributed by atoms with Gasteiger partial charge in [0, 0.05) is 24.3 Å². The number of rotatable bonds is 6. The lowest BCUT2D eigenvalue weighted by Crippen LogP contribution is -2.28. The molecule has 0 aliphatic carbocycles. The van der Waals surface area contributed by atoms with Gasteiger partial charge in [-0.25, -0.2) is 0 Å². The second-order valence-corrected chi connectivity index (χ2v) is 7.42. The first-order valence-electron chi connectivity index (χ1n) is 9.80. The van der Waals surface area contributed by atoms with E-state index in [4.69, 9.17) is 4.74 Å². The minimum atomic E-state index is -0.570. The van der Waals surface area contributed by atoms with Crippen LogP contribution in [0.3, 0.4) is 0 Å². The highest BCUT2D eigenvalue weighted by molar-refractivity contribution is 6.00. The van der Waals surface area contributed by atoms with Gasteiger partial charge in [0.05, 0.1) is 5.92 Å². The summed E-state index contributed by atoms with van der Waals surface area (Å²) >= 11 is 0. The quantitative estimate of drug-likeness (QED) is 0.762. The summed E-state index contributed by atoms with van der Waals surface area (Å²) in [7, 11) is 0. The molecule has 2 amide bonds. The summed E-state index contributed by atoms with van der Waals surface area (Å²) in [5.41, 5.74) is 4.63. The molecule has 6 heteroatoms. The van der Waals surface area contributed by atoms with E-state index in [1.807, 2.05) is 63.2 Å². The molecule has 152 valence electrons. The van der Waals surface area contributed by atoms with E-state index < -0.39 is 17.8 Å². The van der Waals surface area contributed by atoms with Crippen LogP contribution in [-0.2, 0) is 25.5 Å². The van der Waals surface area contributed by atoms with Gasteiger partial charge in [-0.3, -0.25) is 14.4 Å². The maximum Gasteiger partial charge on any atom is 0.311 e. The van der Waals surface area contributed by atoms with Crippen LogP contribution in [0.15, 0.2) is 42.5 Å². The molecule has 2 aromatic rings. The van der Waals surface area contributed by atoms with Gasteiger partial charge in [-0.15, -0.1) is 0 Å². The van der Waals surface area contributed by atoms with Gasteiger partial charge in [-0.2, -0.15) is 0 Å². The number of nitrogens with one attached hydrogen (secondary N) is 1. The Kier molecular flexibility index (Phi) is 6.32. The number of anilines is 2. The first-order valence-corrected chi connectivity index (χ1v) is 9.80. The van der Waals surface area contributed by atoms with Crippen LogP contribution >= 0.6 is 0 Å². The Balaban J connectivity index is 1.56. The van der Waals surface area contributed by atoms with E-state index in [0.717, 1.165) is 28.8 Å². The first kappa shape index (κ1) is 20.6. The highest BCUT2D eigenvalue weighted by atomic mass is 16.5. The van der Waals surface area contributed by atoms with Crippen molar-refractivity contribution in [3.63, 3.8) is 0 Å². The second-order valence-electron chi connectivity index (χ2n) is 7.42. The highest BCUT2D eigenvalue weighted by Crippen LogP contribution is 2.27. The fraction of sp³-hybridized carbons (Fsp3) is 0.348. The number of para-hydroxylation sites is 1. The summed E-state index contributed by atoms with van der Waals surface area (Å²) in [6.45, 7) is 5.84. The van der Waals surface area contributed by atoms with Gasteiger partial charge in [0.25, 0.3) is 5.91 Å². The van der Waals surface area contributed by atoms with Gasteiger partial charge in [0.15, 0.2) is 6.61 Å². The smallest absolute Gasteiger partial charge is 0.311 e. The highest BCUT2D eigenvalue weighted by Gasteiger charge is 2.36. The third kappa shape index (κ3) is 5.02. The minimum Gasteiger partial charge on any atom is -0.455 e. The van der Waals surface area contributed by atoms with E-state index in [2.05, 4.69) is 5.32 Å². The van der Waals surface area contributed by atoms with E-state index in [9.17, 15) is 14.4 Å². The van der Waals surface area contributed by atoms with E-state index in [1.165, 1.54) is 0 Å². The molecular weight excluding hydrogens is 368 g/mol. The number of amides is 2. The number of carbonyl (C=O) groups excluding carboxylic acids is 3. The Morgan fingerprint density at radius 3 is 2.52 bits per heavy atom. The summed E-state index contributed by atoms with van der Waals surface area (Å²) in [6.07, 6.45) is 0.876. The minimum absolute atomic E-state index is 0.0894. The normalized spacial score (nSPS) is 16.0. The van der Waals surface area contributed by atoms with Crippen molar-refractivity contribution in [1.82, 2.24) is 0 Å². The molecular formula is C23H26N2O4. The van der Waals surface area contributed by atoms with Crippen LogP contribution in [-0.4, -0.2) is 30.9 Å². The third-order valence-electron chi connectivity index (χ3n) is 4.99. The number of esters is 1. The number of ether oxygens (including phenoxy) is 1. The summed E-state index contributed by atoms with van der Waals surface area (Å²) in [4.78, 5) is 38.6. The average Bonchev–Trinajstić information content (AvgIpc) is 3.07. The summed E-state index contributed by atoms with van der Waals surface area (Å²) < 4.78 is 5.18. The van der Waals surface area contributed by atoms with Crippen molar-refractivity contribution in [2.45, 2.75) is 33.6 Å². The van der Waals surface area contributed by atoms with Crippen molar-refractivity contribution in [3.8, 4) is 0 Å². The molecule has 2 aromatic carbocycles. The molecule has 0 saturated carbocycles. The molecule has 1 aliphatic heterocycles. The van der Waals surface area contributed by atoms with Gasteiger partial charge in [0.1, 0.15) is 0 Å². The van der Waals surface area contributed by atoms with Crippen LogP contribution in [0.2, 0.25) is 0 Å². The van der Waals surface area contributed by atoms with Gasteiger partial charge in [0.2, 0.25) is 5.91 Å². The van der Waals surface area contributed by atoms with Crippen molar-refractivity contribution in [3.05, 3.63) is 59.2 Å². The monoisotopic (exact) mass is 394 g/mol. The Bertz CT molecular complexity index is 918. The largest absolute Gasteiger partial charge is 0.455 e.